The Bertz CT molecular complexity index is 814. The van der Waals surface area contributed by atoms with E-state index in [9.17, 15) is 18.3 Å². The summed E-state index contributed by atoms with van der Waals surface area (Å²) in [4.78, 5) is 15.0. The van der Waals surface area contributed by atoms with E-state index >= 15 is 0 Å². The lowest BCUT2D eigenvalue weighted by Crippen LogP contribution is -2.28. The van der Waals surface area contributed by atoms with Gasteiger partial charge in [-0.15, -0.1) is 0 Å². The summed E-state index contributed by atoms with van der Waals surface area (Å²) in [5, 5.41) is 9.61. The minimum atomic E-state index is -3.84. The zero-order valence-electron chi connectivity index (χ0n) is 12.2. The first-order valence-electron chi connectivity index (χ1n) is 6.34. The summed E-state index contributed by atoms with van der Waals surface area (Å²) in [6.45, 7) is 1.13. The number of aliphatic imine (C=N–C) groups is 1. The molecule has 0 aromatic heterocycles. The van der Waals surface area contributed by atoms with Crippen molar-refractivity contribution < 1.29 is 23.8 Å². The Kier molecular flexibility index (Phi) is 6.00. The molecule has 2 aromatic carbocycles. The highest BCUT2D eigenvalue weighted by Gasteiger charge is 2.14. The summed E-state index contributed by atoms with van der Waals surface area (Å²) in [6.07, 6.45) is 1.48. The van der Waals surface area contributed by atoms with Gasteiger partial charge >= 0.3 is 0 Å². The van der Waals surface area contributed by atoms with Crippen LogP contribution in [0.2, 0.25) is 0 Å². The molecule has 0 aliphatic rings. The molecule has 8 heteroatoms. The van der Waals surface area contributed by atoms with Crippen LogP contribution >= 0.6 is 0 Å². The van der Waals surface area contributed by atoms with Crippen molar-refractivity contribution in [3.05, 3.63) is 54.1 Å². The second-order valence-corrected chi connectivity index (χ2v) is 6.16. The molecule has 0 unspecified atom stereocenters. The van der Waals surface area contributed by atoms with Crippen LogP contribution in [0.1, 0.15) is 12.5 Å². The van der Waals surface area contributed by atoms with Crippen molar-refractivity contribution >= 4 is 27.8 Å². The van der Waals surface area contributed by atoms with E-state index in [0.29, 0.717) is 11.3 Å². The van der Waals surface area contributed by atoms with Crippen LogP contribution in [0, 0.1) is 0 Å². The van der Waals surface area contributed by atoms with Gasteiger partial charge in [-0.2, -0.15) is 0 Å². The highest BCUT2D eigenvalue weighted by atomic mass is 32.2. The van der Waals surface area contributed by atoms with Gasteiger partial charge in [-0.05, 0) is 36.4 Å². The quantitative estimate of drug-likeness (QED) is 0.811. The lowest BCUT2D eigenvalue weighted by atomic mass is 10.2. The van der Waals surface area contributed by atoms with Crippen molar-refractivity contribution in [3.63, 3.8) is 0 Å². The maximum atomic E-state index is 11.8. The molecule has 0 aliphatic carbocycles. The van der Waals surface area contributed by atoms with Crippen LogP contribution in [0.3, 0.4) is 0 Å². The van der Waals surface area contributed by atoms with Crippen molar-refractivity contribution in [2.24, 2.45) is 4.99 Å². The topological polar surface area (TPSA) is 127 Å². The molecule has 0 fully saturated rings. The smallest absolute Gasteiger partial charge is 0.264 e. The van der Waals surface area contributed by atoms with Gasteiger partial charge in [0.1, 0.15) is 5.75 Å². The summed E-state index contributed by atoms with van der Waals surface area (Å²) in [7, 11) is -3.84. The minimum Gasteiger partial charge on any atom is -0.507 e. The molecule has 2 aromatic rings. The molecule has 0 bridgehead atoms. The van der Waals surface area contributed by atoms with Gasteiger partial charge < -0.3 is 10.6 Å². The number of sulfonamides is 1. The fourth-order valence-electron chi connectivity index (χ4n) is 1.70. The molecule has 0 saturated carbocycles. The van der Waals surface area contributed by atoms with Crippen molar-refractivity contribution in [2.45, 2.75) is 11.8 Å². The molecular formula is C15H16N2O5S. The molecule has 4 N–H and O–H groups in total. The third-order valence-corrected chi connectivity index (χ3v) is 4.16. The number of aromatic hydroxyl groups is 1. The summed E-state index contributed by atoms with van der Waals surface area (Å²) in [5.74, 6) is -0.544. The lowest BCUT2D eigenvalue weighted by molar-refractivity contribution is -0.117. The highest BCUT2D eigenvalue weighted by Crippen LogP contribution is 2.18. The number of phenols is 1. The van der Waals surface area contributed by atoms with Gasteiger partial charge in [0.15, 0.2) is 0 Å². The molecule has 0 atom stereocenters. The van der Waals surface area contributed by atoms with E-state index in [1.165, 1.54) is 30.5 Å². The zero-order chi connectivity index (χ0) is 16.2. The normalized spacial score (nSPS) is 11.0. The lowest BCUT2D eigenvalue weighted by Gasteiger charge is -2.04. The summed E-state index contributed by atoms with van der Waals surface area (Å²) >= 11 is 0. The van der Waals surface area contributed by atoms with Gasteiger partial charge in [0, 0.05) is 18.7 Å². The third kappa shape index (κ3) is 4.90. The van der Waals surface area contributed by atoms with Crippen LogP contribution < -0.4 is 4.72 Å². The average Bonchev–Trinajstić information content (AvgIpc) is 2.45. The molecule has 0 saturated heterocycles. The number of nitrogens with one attached hydrogen (secondary N) is 1. The Morgan fingerprint density at radius 3 is 2.30 bits per heavy atom. The largest absolute Gasteiger partial charge is 0.507 e. The molecule has 0 radical (unpaired) electrons. The van der Waals surface area contributed by atoms with Gasteiger partial charge in [0.05, 0.1) is 10.6 Å². The minimum absolute atomic E-state index is 0. The SMILES string of the molecule is CC(=O)NS(=O)(=O)c1ccc(N=Cc2ccccc2O)cc1.O. The Hall–Kier alpha value is -2.71. The number of carbonyl (C=O) groups is 1. The predicted octanol–water partition coefficient (Wildman–Crippen LogP) is 1.14. The van der Waals surface area contributed by atoms with E-state index in [1.54, 1.807) is 24.3 Å². The molecule has 0 heterocycles. The monoisotopic (exact) mass is 336 g/mol. The van der Waals surface area contributed by atoms with Gasteiger partial charge in [0.25, 0.3) is 10.0 Å². The molecule has 0 aliphatic heterocycles. The van der Waals surface area contributed by atoms with Gasteiger partial charge in [0.2, 0.25) is 5.91 Å². The van der Waals surface area contributed by atoms with Crippen LogP contribution in [-0.2, 0) is 14.8 Å². The number of phenolic OH excluding ortho intramolecular Hbond substituents is 1. The molecule has 0 spiro atoms. The Labute approximate surface area is 133 Å². The van der Waals surface area contributed by atoms with E-state index in [2.05, 4.69) is 4.99 Å². The fourth-order valence-corrected chi connectivity index (χ4v) is 2.69. The zero-order valence-corrected chi connectivity index (χ0v) is 13.0. The van der Waals surface area contributed by atoms with Crippen molar-refractivity contribution in [1.82, 2.24) is 4.72 Å². The van der Waals surface area contributed by atoms with Crippen LogP contribution in [0.15, 0.2) is 58.4 Å². The van der Waals surface area contributed by atoms with E-state index in [4.69, 9.17) is 0 Å². The molecule has 7 nitrogen and oxygen atoms in total. The summed E-state index contributed by atoms with van der Waals surface area (Å²) in [6, 6.07) is 12.4. The number of hydrogen-bond acceptors (Lipinski definition) is 5. The van der Waals surface area contributed by atoms with Gasteiger partial charge in [-0.1, -0.05) is 12.1 Å². The first-order chi connectivity index (χ1) is 10.4. The summed E-state index contributed by atoms with van der Waals surface area (Å²) < 4.78 is 25.4. The van der Waals surface area contributed by atoms with E-state index < -0.39 is 15.9 Å². The van der Waals surface area contributed by atoms with Crippen LogP contribution in [-0.4, -0.2) is 31.1 Å². The van der Waals surface area contributed by atoms with Crippen molar-refractivity contribution in [2.75, 3.05) is 0 Å². The third-order valence-electron chi connectivity index (χ3n) is 2.71. The summed E-state index contributed by atoms with van der Waals surface area (Å²) in [5.41, 5.74) is 1.07. The Morgan fingerprint density at radius 1 is 1.13 bits per heavy atom. The van der Waals surface area contributed by atoms with Gasteiger partial charge in [-0.25, -0.2) is 13.1 Å². The number of amides is 1. The fraction of sp³-hybridized carbons (Fsp3) is 0.0667. The number of carbonyl (C=O) groups excluding carboxylic acids is 1. The van der Waals surface area contributed by atoms with E-state index in [0.717, 1.165) is 6.92 Å². The molecule has 1 amide bonds. The molecule has 2 rings (SSSR count). The van der Waals surface area contributed by atoms with Crippen LogP contribution in [0.4, 0.5) is 5.69 Å². The maximum absolute atomic E-state index is 11.8. The van der Waals surface area contributed by atoms with Gasteiger partial charge in [-0.3, -0.25) is 9.79 Å². The number of rotatable bonds is 4. The molecule has 122 valence electrons. The predicted molar refractivity (Wildman–Crippen MR) is 86.4 cm³/mol. The molecule has 23 heavy (non-hydrogen) atoms. The number of benzene rings is 2. The van der Waals surface area contributed by atoms with E-state index in [-0.39, 0.29) is 16.1 Å². The number of nitrogens with zero attached hydrogens (tertiary/aromatic N) is 1. The first-order valence-corrected chi connectivity index (χ1v) is 7.82. The number of hydrogen-bond donors (Lipinski definition) is 2. The maximum Gasteiger partial charge on any atom is 0.264 e. The Balaban J connectivity index is 0.00000264. The number of para-hydroxylation sites is 1. The Morgan fingerprint density at radius 2 is 1.74 bits per heavy atom. The first kappa shape index (κ1) is 18.3. The van der Waals surface area contributed by atoms with Crippen LogP contribution in [0.5, 0.6) is 5.75 Å². The second-order valence-electron chi connectivity index (χ2n) is 4.47. The molecular weight excluding hydrogens is 320 g/mol. The van der Waals surface area contributed by atoms with Crippen molar-refractivity contribution in [3.8, 4) is 5.75 Å². The van der Waals surface area contributed by atoms with Crippen molar-refractivity contribution in [1.29, 1.82) is 0 Å². The highest BCUT2D eigenvalue weighted by molar-refractivity contribution is 7.90. The average molecular weight is 336 g/mol. The van der Waals surface area contributed by atoms with Crippen LogP contribution in [0.25, 0.3) is 0 Å². The van der Waals surface area contributed by atoms with E-state index in [1.807, 2.05) is 4.72 Å². The second kappa shape index (κ2) is 7.52. The standard InChI is InChI=1S/C15H14N2O4S.H2O/c1-11(18)17-22(20,21)14-8-6-13(7-9-14)16-10-12-4-2-3-5-15(12)19;/h2-10,19H,1H3,(H,17,18);1H2.